The van der Waals surface area contributed by atoms with Crippen LogP contribution in [0.15, 0.2) is 59.2 Å². The first kappa shape index (κ1) is 17.2. The summed E-state index contributed by atoms with van der Waals surface area (Å²) in [4.78, 5) is 12.9. The van der Waals surface area contributed by atoms with Gasteiger partial charge in [-0.15, -0.1) is 0 Å². The van der Waals surface area contributed by atoms with Crippen LogP contribution in [0.1, 0.15) is 30.6 Å². The molecule has 3 aromatic rings. The van der Waals surface area contributed by atoms with Crippen molar-refractivity contribution in [3.05, 3.63) is 66.1 Å². The number of fused-ring (bicyclic) bond motifs is 1. The number of nitriles is 1. The lowest BCUT2D eigenvalue weighted by atomic mass is 10.0. The van der Waals surface area contributed by atoms with Crippen LogP contribution in [0.3, 0.4) is 0 Å². The quantitative estimate of drug-likeness (QED) is 0.697. The van der Waals surface area contributed by atoms with E-state index in [-0.39, 0.29) is 5.91 Å². The molecule has 27 heavy (non-hydrogen) atoms. The normalized spacial score (nSPS) is 14.3. The van der Waals surface area contributed by atoms with E-state index in [1.165, 1.54) is 0 Å². The molecule has 4 rings (SSSR count). The highest BCUT2D eigenvalue weighted by atomic mass is 16.3. The Morgan fingerprint density at radius 3 is 2.63 bits per heavy atom. The Morgan fingerprint density at radius 1 is 1.04 bits per heavy atom. The van der Waals surface area contributed by atoms with Crippen molar-refractivity contribution in [2.24, 2.45) is 0 Å². The highest BCUT2D eigenvalue weighted by molar-refractivity contribution is 5.98. The fraction of sp³-hybridized carbons (Fsp3) is 0.273. The predicted octanol–water partition coefficient (Wildman–Crippen LogP) is 4.28. The molecule has 136 valence electrons. The van der Waals surface area contributed by atoms with Gasteiger partial charge in [-0.05, 0) is 37.1 Å². The summed E-state index contributed by atoms with van der Waals surface area (Å²) in [6.07, 6.45) is 4.69. The van der Waals surface area contributed by atoms with Crippen LogP contribution in [-0.4, -0.2) is 24.0 Å². The summed E-state index contributed by atoms with van der Waals surface area (Å²) in [6, 6.07) is 17.7. The van der Waals surface area contributed by atoms with Gasteiger partial charge in [0.15, 0.2) is 0 Å². The van der Waals surface area contributed by atoms with Crippen molar-refractivity contribution < 1.29 is 9.21 Å². The Bertz CT molecular complexity index is 988. The second-order valence-electron chi connectivity index (χ2n) is 6.72. The maximum Gasteiger partial charge on any atom is 0.241 e. The predicted molar refractivity (Wildman–Crippen MR) is 104 cm³/mol. The summed E-state index contributed by atoms with van der Waals surface area (Å²) in [5.41, 5.74) is 1.64. The molecule has 5 heteroatoms. The van der Waals surface area contributed by atoms with Gasteiger partial charge in [-0.1, -0.05) is 24.3 Å². The number of carbonyl (C=O) groups excluding carboxylic acids is 1. The Hall–Kier alpha value is -3.26. The highest BCUT2D eigenvalue weighted by Gasteiger charge is 2.26. The summed E-state index contributed by atoms with van der Waals surface area (Å²) in [5, 5.41) is 15.3. The maximum atomic E-state index is 12.9. The Labute approximate surface area is 158 Å². The van der Waals surface area contributed by atoms with Gasteiger partial charge >= 0.3 is 0 Å². The number of aryl methyl sites for hydroxylation is 1. The van der Waals surface area contributed by atoms with Crippen LogP contribution in [0.2, 0.25) is 0 Å². The molecule has 1 aromatic heterocycles. The minimum absolute atomic E-state index is 0.0968. The fourth-order valence-corrected chi connectivity index (χ4v) is 3.69. The SMILES string of the molecule is N#Cc1ccc(N2CCCCN2C(=O)CCc2ccco2)c2ccccc12. The molecule has 2 aromatic carbocycles. The standard InChI is InChI=1S/C22H21N3O2/c23-16-17-9-11-21(20-8-2-1-7-19(17)20)24-13-3-4-14-25(24)22(26)12-10-18-6-5-15-27-18/h1-2,5-9,11,15H,3-4,10,12-14H2. The number of amides is 1. The molecule has 1 aliphatic heterocycles. The minimum Gasteiger partial charge on any atom is -0.469 e. The van der Waals surface area contributed by atoms with Crippen LogP contribution in [0, 0.1) is 11.3 Å². The zero-order valence-corrected chi connectivity index (χ0v) is 15.1. The molecule has 0 N–H and O–H groups in total. The first-order valence-electron chi connectivity index (χ1n) is 9.30. The monoisotopic (exact) mass is 359 g/mol. The number of nitrogens with zero attached hydrogens (tertiary/aromatic N) is 3. The Morgan fingerprint density at radius 2 is 1.85 bits per heavy atom. The average Bonchev–Trinajstić information content (AvgIpc) is 3.25. The molecule has 0 aliphatic carbocycles. The van der Waals surface area contributed by atoms with E-state index in [1.807, 2.05) is 53.5 Å². The van der Waals surface area contributed by atoms with Crippen molar-refractivity contribution in [3.63, 3.8) is 0 Å². The van der Waals surface area contributed by atoms with E-state index in [2.05, 4.69) is 11.1 Å². The van der Waals surface area contributed by atoms with Gasteiger partial charge < -0.3 is 4.42 Å². The first-order chi connectivity index (χ1) is 13.3. The third-order valence-electron chi connectivity index (χ3n) is 5.03. The number of hydrazine groups is 1. The van der Waals surface area contributed by atoms with Crippen molar-refractivity contribution in [3.8, 4) is 6.07 Å². The number of carbonyl (C=O) groups is 1. The van der Waals surface area contributed by atoms with E-state index in [4.69, 9.17) is 4.42 Å². The van der Waals surface area contributed by atoms with Crippen molar-refractivity contribution in [1.82, 2.24) is 5.01 Å². The van der Waals surface area contributed by atoms with E-state index in [0.717, 1.165) is 41.6 Å². The summed E-state index contributed by atoms with van der Waals surface area (Å²) >= 11 is 0. The van der Waals surface area contributed by atoms with Gasteiger partial charge in [-0.3, -0.25) is 14.8 Å². The van der Waals surface area contributed by atoms with Crippen molar-refractivity contribution in [1.29, 1.82) is 5.26 Å². The molecule has 0 unspecified atom stereocenters. The van der Waals surface area contributed by atoms with Gasteiger partial charge in [0.1, 0.15) is 5.76 Å². The molecule has 0 radical (unpaired) electrons. The fourth-order valence-electron chi connectivity index (χ4n) is 3.69. The van der Waals surface area contributed by atoms with Gasteiger partial charge in [0.2, 0.25) is 5.91 Å². The van der Waals surface area contributed by atoms with E-state index >= 15 is 0 Å². The van der Waals surface area contributed by atoms with Gasteiger partial charge in [-0.25, -0.2) is 0 Å². The second kappa shape index (κ2) is 7.55. The molecule has 1 fully saturated rings. The van der Waals surface area contributed by atoms with Crippen molar-refractivity contribution in [2.45, 2.75) is 25.7 Å². The molecule has 1 aliphatic rings. The smallest absolute Gasteiger partial charge is 0.241 e. The van der Waals surface area contributed by atoms with Gasteiger partial charge in [0, 0.05) is 36.7 Å². The Kier molecular flexibility index (Phi) is 4.80. The van der Waals surface area contributed by atoms with E-state index in [9.17, 15) is 10.1 Å². The summed E-state index contributed by atoms with van der Waals surface area (Å²) in [6.45, 7) is 1.51. The Balaban J connectivity index is 1.64. The zero-order valence-electron chi connectivity index (χ0n) is 15.1. The number of hydrogen-bond donors (Lipinski definition) is 0. The minimum atomic E-state index is 0.0968. The largest absolute Gasteiger partial charge is 0.469 e. The molecule has 0 atom stereocenters. The summed E-state index contributed by atoms with van der Waals surface area (Å²) in [7, 11) is 0. The summed E-state index contributed by atoms with van der Waals surface area (Å²) < 4.78 is 5.35. The molecule has 0 spiro atoms. The topological polar surface area (TPSA) is 60.5 Å². The number of furan rings is 1. The lowest BCUT2D eigenvalue weighted by Crippen LogP contribution is -2.50. The molecule has 0 bridgehead atoms. The van der Waals surface area contributed by atoms with Crippen LogP contribution < -0.4 is 5.01 Å². The van der Waals surface area contributed by atoms with Gasteiger partial charge in [0.25, 0.3) is 0 Å². The maximum absolute atomic E-state index is 12.9. The van der Waals surface area contributed by atoms with Crippen molar-refractivity contribution >= 4 is 22.4 Å². The highest BCUT2D eigenvalue weighted by Crippen LogP contribution is 2.32. The number of anilines is 1. The number of benzene rings is 2. The average molecular weight is 359 g/mol. The third kappa shape index (κ3) is 3.39. The lowest BCUT2D eigenvalue weighted by molar-refractivity contribution is -0.132. The molecule has 0 saturated carbocycles. The van der Waals surface area contributed by atoms with E-state index in [1.54, 1.807) is 6.26 Å². The third-order valence-corrected chi connectivity index (χ3v) is 5.03. The molecular formula is C22H21N3O2. The number of hydrogen-bond acceptors (Lipinski definition) is 4. The molecular weight excluding hydrogens is 338 g/mol. The van der Waals surface area contributed by atoms with Crippen molar-refractivity contribution in [2.75, 3.05) is 18.1 Å². The first-order valence-corrected chi connectivity index (χ1v) is 9.30. The molecule has 1 amide bonds. The zero-order chi connectivity index (χ0) is 18.6. The van der Waals surface area contributed by atoms with Crippen LogP contribution >= 0.6 is 0 Å². The molecule has 2 heterocycles. The van der Waals surface area contributed by atoms with Crippen LogP contribution in [-0.2, 0) is 11.2 Å². The van der Waals surface area contributed by atoms with Crippen LogP contribution in [0.4, 0.5) is 5.69 Å². The van der Waals surface area contributed by atoms with Crippen LogP contribution in [0.25, 0.3) is 10.8 Å². The van der Waals surface area contributed by atoms with Crippen LogP contribution in [0.5, 0.6) is 0 Å². The summed E-state index contributed by atoms with van der Waals surface area (Å²) in [5.74, 6) is 0.926. The lowest BCUT2D eigenvalue weighted by Gasteiger charge is -2.40. The van der Waals surface area contributed by atoms with E-state index < -0.39 is 0 Å². The van der Waals surface area contributed by atoms with Gasteiger partial charge in [-0.2, -0.15) is 5.26 Å². The molecule has 5 nitrogen and oxygen atoms in total. The van der Waals surface area contributed by atoms with E-state index in [0.29, 0.717) is 24.9 Å². The second-order valence-corrected chi connectivity index (χ2v) is 6.72. The van der Waals surface area contributed by atoms with Gasteiger partial charge in [0.05, 0.1) is 23.6 Å². The molecule has 1 saturated heterocycles. The number of rotatable bonds is 4.